The second-order valence-electron chi connectivity index (χ2n) is 7.28. The van der Waals surface area contributed by atoms with Gasteiger partial charge in [0.15, 0.2) is 5.65 Å². The van der Waals surface area contributed by atoms with Gasteiger partial charge in [0.2, 0.25) is 5.95 Å². The van der Waals surface area contributed by atoms with Gasteiger partial charge in [0, 0.05) is 23.1 Å². The molecule has 1 atom stereocenters. The Morgan fingerprint density at radius 3 is 2.58 bits per heavy atom. The number of aliphatic hydroxyl groups excluding tert-OH is 1. The third-order valence-corrected chi connectivity index (χ3v) is 4.94. The maximum Gasteiger partial charge on any atom is 0.256 e. The Kier molecular flexibility index (Phi) is 5.48. The van der Waals surface area contributed by atoms with E-state index in [1.165, 1.54) is 41.0 Å². The number of aryl methyl sites for hydroxylation is 1. The molecule has 2 aromatic carbocycles. The number of pyridine rings is 1. The predicted octanol–water partition coefficient (Wildman–Crippen LogP) is 3.83. The molecular weight excluding hydrogens is 402 g/mol. The van der Waals surface area contributed by atoms with Gasteiger partial charge in [-0.2, -0.15) is 4.98 Å². The van der Waals surface area contributed by atoms with Crippen LogP contribution in [0.3, 0.4) is 0 Å². The zero-order chi connectivity index (χ0) is 22.1. The van der Waals surface area contributed by atoms with Crippen LogP contribution in [0.1, 0.15) is 12.5 Å². The quantitative estimate of drug-likeness (QED) is 0.511. The van der Waals surface area contributed by atoms with Gasteiger partial charge in [-0.1, -0.05) is 12.1 Å². The molecule has 0 saturated carbocycles. The Bertz CT molecular complexity index is 1340. The van der Waals surface area contributed by atoms with Crippen molar-refractivity contribution >= 4 is 17.0 Å². The standard InChI is InChI=1S/C23H20F2N4O2/c1-13-11-15(24)7-8-16(13)21-17-9-10-20(31)29(19-6-4-3-5-18(19)25)22(17)28-23(27-21)26-14(2)12-30/h3-11,14,30H,12H2,1-2H3,(H,26,27,28)/t14-/m1/s1. The number of hydrogen-bond donors (Lipinski definition) is 2. The highest BCUT2D eigenvalue weighted by Crippen LogP contribution is 2.30. The van der Waals surface area contributed by atoms with E-state index >= 15 is 0 Å². The number of fused-ring (bicyclic) bond motifs is 1. The average Bonchev–Trinajstić information content (AvgIpc) is 2.74. The number of anilines is 1. The monoisotopic (exact) mass is 422 g/mol. The summed E-state index contributed by atoms with van der Waals surface area (Å²) in [5.74, 6) is -0.799. The summed E-state index contributed by atoms with van der Waals surface area (Å²) in [6, 6.07) is 12.8. The Morgan fingerprint density at radius 1 is 1.10 bits per heavy atom. The van der Waals surface area contributed by atoms with Gasteiger partial charge in [-0.3, -0.25) is 9.36 Å². The number of benzene rings is 2. The Morgan fingerprint density at radius 2 is 1.87 bits per heavy atom. The minimum absolute atomic E-state index is 0.0553. The minimum atomic E-state index is -0.575. The van der Waals surface area contributed by atoms with Crippen LogP contribution in [0.15, 0.2) is 59.4 Å². The summed E-state index contributed by atoms with van der Waals surface area (Å²) in [5.41, 5.74) is 1.54. The molecule has 0 unspecified atom stereocenters. The van der Waals surface area contributed by atoms with Crippen LogP contribution >= 0.6 is 0 Å². The van der Waals surface area contributed by atoms with Crippen LogP contribution in [0.5, 0.6) is 0 Å². The highest BCUT2D eigenvalue weighted by atomic mass is 19.1. The molecule has 0 spiro atoms. The van der Waals surface area contributed by atoms with Gasteiger partial charge in [0.25, 0.3) is 5.56 Å². The first-order valence-electron chi connectivity index (χ1n) is 9.71. The number of rotatable bonds is 5. The second kappa shape index (κ2) is 8.23. The van der Waals surface area contributed by atoms with E-state index in [0.717, 1.165) is 0 Å². The van der Waals surface area contributed by atoms with E-state index in [1.807, 2.05) is 0 Å². The Balaban J connectivity index is 2.09. The van der Waals surface area contributed by atoms with Crippen molar-refractivity contribution in [1.29, 1.82) is 0 Å². The molecule has 0 bridgehead atoms. The maximum absolute atomic E-state index is 14.6. The molecule has 4 aromatic rings. The molecule has 158 valence electrons. The molecular formula is C23H20F2N4O2. The number of nitrogens with one attached hydrogen (secondary N) is 1. The van der Waals surface area contributed by atoms with Crippen LogP contribution < -0.4 is 10.9 Å². The molecule has 6 nitrogen and oxygen atoms in total. The predicted molar refractivity (Wildman–Crippen MR) is 115 cm³/mol. The fourth-order valence-electron chi connectivity index (χ4n) is 3.41. The molecule has 2 aromatic heterocycles. The van der Waals surface area contributed by atoms with Gasteiger partial charge in [-0.15, -0.1) is 0 Å². The zero-order valence-corrected chi connectivity index (χ0v) is 16.9. The summed E-state index contributed by atoms with van der Waals surface area (Å²) in [6.45, 7) is 3.33. The lowest BCUT2D eigenvalue weighted by Crippen LogP contribution is -2.23. The van der Waals surface area contributed by atoms with Crippen molar-refractivity contribution in [3.8, 4) is 16.9 Å². The van der Waals surface area contributed by atoms with Crippen LogP contribution in [-0.4, -0.2) is 32.3 Å². The van der Waals surface area contributed by atoms with Gasteiger partial charge in [0.1, 0.15) is 11.6 Å². The first-order chi connectivity index (χ1) is 14.9. The third kappa shape index (κ3) is 3.89. The summed E-state index contributed by atoms with van der Waals surface area (Å²) in [7, 11) is 0. The fourth-order valence-corrected chi connectivity index (χ4v) is 3.41. The average molecular weight is 422 g/mol. The van der Waals surface area contributed by atoms with Crippen molar-refractivity contribution in [3.05, 3.63) is 82.1 Å². The minimum Gasteiger partial charge on any atom is -0.394 e. The zero-order valence-electron chi connectivity index (χ0n) is 16.9. The molecule has 8 heteroatoms. The molecule has 0 fully saturated rings. The fraction of sp³-hybridized carbons (Fsp3) is 0.174. The van der Waals surface area contributed by atoms with Crippen LogP contribution in [0.2, 0.25) is 0 Å². The highest BCUT2D eigenvalue weighted by molar-refractivity contribution is 5.93. The van der Waals surface area contributed by atoms with E-state index in [-0.39, 0.29) is 35.7 Å². The van der Waals surface area contributed by atoms with Crippen LogP contribution in [0, 0.1) is 18.6 Å². The molecule has 31 heavy (non-hydrogen) atoms. The van der Waals surface area contributed by atoms with E-state index in [9.17, 15) is 18.7 Å². The number of aromatic nitrogens is 3. The molecule has 0 aliphatic heterocycles. The summed E-state index contributed by atoms with van der Waals surface area (Å²) in [5, 5.41) is 12.9. The topological polar surface area (TPSA) is 80.0 Å². The Hall–Kier alpha value is -3.65. The number of halogens is 2. The third-order valence-electron chi connectivity index (χ3n) is 4.94. The normalized spacial score (nSPS) is 12.2. The van der Waals surface area contributed by atoms with Crippen molar-refractivity contribution in [1.82, 2.24) is 14.5 Å². The second-order valence-corrected chi connectivity index (χ2v) is 7.28. The summed E-state index contributed by atoms with van der Waals surface area (Å²) in [4.78, 5) is 21.8. The molecule has 0 amide bonds. The summed E-state index contributed by atoms with van der Waals surface area (Å²) < 4.78 is 29.5. The number of para-hydroxylation sites is 1. The SMILES string of the molecule is Cc1cc(F)ccc1-c1nc(N[C@H](C)CO)nc2c1ccc(=O)n2-c1ccccc1F. The molecule has 0 saturated heterocycles. The highest BCUT2D eigenvalue weighted by Gasteiger charge is 2.18. The summed E-state index contributed by atoms with van der Waals surface area (Å²) >= 11 is 0. The summed E-state index contributed by atoms with van der Waals surface area (Å²) in [6.07, 6.45) is 0. The van der Waals surface area contributed by atoms with Gasteiger partial charge in [-0.05, 0) is 55.8 Å². The Labute approximate surface area is 176 Å². The van der Waals surface area contributed by atoms with E-state index in [2.05, 4.69) is 15.3 Å². The van der Waals surface area contributed by atoms with E-state index in [1.54, 1.807) is 32.0 Å². The van der Waals surface area contributed by atoms with Crippen molar-refractivity contribution in [2.24, 2.45) is 0 Å². The lowest BCUT2D eigenvalue weighted by Gasteiger charge is -2.17. The maximum atomic E-state index is 14.6. The number of hydrogen-bond acceptors (Lipinski definition) is 5. The van der Waals surface area contributed by atoms with Crippen LogP contribution in [0.4, 0.5) is 14.7 Å². The first kappa shape index (κ1) is 20.6. The molecule has 0 aliphatic rings. The van der Waals surface area contributed by atoms with Gasteiger partial charge < -0.3 is 10.4 Å². The van der Waals surface area contributed by atoms with Crippen molar-refractivity contribution in [2.45, 2.75) is 19.9 Å². The molecule has 0 radical (unpaired) electrons. The van der Waals surface area contributed by atoms with Crippen molar-refractivity contribution < 1.29 is 13.9 Å². The van der Waals surface area contributed by atoms with Crippen molar-refractivity contribution in [3.63, 3.8) is 0 Å². The van der Waals surface area contributed by atoms with E-state index in [4.69, 9.17) is 0 Å². The lowest BCUT2D eigenvalue weighted by molar-refractivity contribution is 0.281. The molecule has 2 N–H and O–H groups in total. The molecule has 0 aliphatic carbocycles. The first-order valence-corrected chi connectivity index (χ1v) is 9.71. The van der Waals surface area contributed by atoms with E-state index in [0.29, 0.717) is 22.2 Å². The van der Waals surface area contributed by atoms with Gasteiger partial charge in [0.05, 0.1) is 18.0 Å². The lowest BCUT2D eigenvalue weighted by atomic mass is 10.0. The number of aliphatic hydroxyl groups is 1. The smallest absolute Gasteiger partial charge is 0.256 e. The van der Waals surface area contributed by atoms with E-state index < -0.39 is 11.4 Å². The largest absolute Gasteiger partial charge is 0.394 e. The number of nitrogens with zero attached hydrogens (tertiary/aromatic N) is 3. The molecule has 4 rings (SSSR count). The van der Waals surface area contributed by atoms with Crippen molar-refractivity contribution in [2.75, 3.05) is 11.9 Å². The van der Waals surface area contributed by atoms with Crippen LogP contribution in [0.25, 0.3) is 28.0 Å². The molecule has 2 heterocycles. The van der Waals surface area contributed by atoms with Gasteiger partial charge in [-0.25, -0.2) is 13.8 Å². The van der Waals surface area contributed by atoms with Gasteiger partial charge >= 0.3 is 0 Å². The van der Waals surface area contributed by atoms with Crippen LogP contribution in [-0.2, 0) is 0 Å².